The highest BCUT2D eigenvalue weighted by molar-refractivity contribution is 7.16. The lowest BCUT2D eigenvalue weighted by molar-refractivity contribution is 0.102. The Morgan fingerprint density at radius 2 is 1.69 bits per heavy atom. The summed E-state index contributed by atoms with van der Waals surface area (Å²) in [7, 11) is 0. The number of aromatic nitrogens is 2. The number of carbonyl (C=O) groups excluding carboxylic acids is 1. The zero-order valence-electron chi connectivity index (χ0n) is 15.5. The van der Waals surface area contributed by atoms with Crippen LogP contribution in [0.2, 0.25) is 4.34 Å². The van der Waals surface area contributed by atoms with Crippen molar-refractivity contribution < 1.29 is 9.18 Å². The van der Waals surface area contributed by atoms with E-state index in [2.05, 4.69) is 31.4 Å². The second-order valence-electron chi connectivity index (χ2n) is 6.72. The molecule has 0 radical (unpaired) electrons. The average Bonchev–Trinajstić information content (AvgIpc) is 3.34. The number of nitrogens with zero attached hydrogens (tertiary/aromatic N) is 4. The Balaban J connectivity index is 1.26. The summed E-state index contributed by atoms with van der Waals surface area (Å²) in [4.78, 5) is 18.3. The Bertz CT molecular complexity index is 969. The number of anilines is 1. The lowest BCUT2D eigenvalue weighted by Gasteiger charge is -2.33. The minimum atomic E-state index is -0.347. The third-order valence-corrected chi connectivity index (χ3v) is 6.72. The van der Waals surface area contributed by atoms with Gasteiger partial charge in [0.05, 0.1) is 10.9 Å². The Hall–Kier alpha value is -1.91. The van der Waals surface area contributed by atoms with E-state index in [0.29, 0.717) is 17.2 Å². The number of hydrogen-bond donors (Lipinski definition) is 1. The van der Waals surface area contributed by atoms with Gasteiger partial charge in [-0.25, -0.2) is 4.39 Å². The lowest BCUT2D eigenvalue weighted by Crippen LogP contribution is -2.45. The van der Waals surface area contributed by atoms with E-state index in [1.165, 1.54) is 40.5 Å². The van der Waals surface area contributed by atoms with Gasteiger partial charge in [-0.3, -0.25) is 14.6 Å². The molecular formula is C19H19ClFN5OS2. The molecule has 0 spiro atoms. The first-order valence-corrected chi connectivity index (χ1v) is 11.1. The quantitative estimate of drug-likeness (QED) is 0.614. The zero-order valence-corrected chi connectivity index (χ0v) is 17.9. The van der Waals surface area contributed by atoms with E-state index < -0.39 is 0 Å². The summed E-state index contributed by atoms with van der Waals surface area (Å²) < 4.78 is 13.8. The fraction of sp³-hybridized carbons (Fsp3) is 0.316. The molecule has 4 rings (SSSR count). The van der Waals surface area contributed by atoms with Crippen molar-refractivity contribution in [3.05, 3.63) is 61.4 Å². The predicted octanol–water partition coefficient (Wildman–Crippen LogP) is 3.96. The van der Waals surface area contributed by atoms with Gasteiger partial charge < -0.3 is 5.32 Å². The standard InChI is InChI=1S/C19H19ClFN5OS2/c20-16-6-5-15(28-16)11-25-7-9-26(10-8-25)12-17-23-24-19(29-17)18(27)22-14-3-1-13(21)2-4-14/h1-6H,7-12H2,(H,22,27). The minimum Gasteiger partial charge on any atom is -0.320 e. The molecule has 2 aromatic heterocycles. The molecule has 0 saturated carbocycles. The van der Waals surface area contributed by atoms with E-state index in [4.69, 9.17) is 11.6 Å². The smallest absolute Gasteiger partial charge is 0.286 e. The fourth-order valence-electron chi connectivity index (χ4n) is 3.08. The summed E-state index contributed by atoms with van der Waals surface area (Å²) in [6.07, 6.45) is 0. The largest absolute Gasteiger partial charge is 0.320 e. The van der Waals surface area contributed by atoms with Crippen LogP contribution >= 0.6 is 34.3 Å². The maximum Gasteiger partial charge on any atom is 0.286 e. The maximum absolute atomic E-state index is 13.0. The third-order valence-electron chi connectivity index (χ3n) is 4.60. The molecule has 0 bridgehead atoms. The van der Waals surface area contributed by atoms with E-state index in [9.17, 15) is 9.18 Å². The van der Waals surface area contributed by atoms with Crippen LogP contribution in [-0.4, -0.2) is 52.1 Å². The summed E-state index contributed by atoms with van der Waals surface area (Å²) in [5.41, 5.74) is 0.524. The van der Waals surface area contributed by atoms with Gasteiger partial charge in [0, 0.05) is 43.3 Å². The fourth-order valence-corrected chi connectivity index (χ4v) is 4.99. The topological polar surface area (TPSA) is 61.4 Å². The summed E-state index contributed by atoms with van der Waals surface area (Å²) in [5.74, 6) is -0.680. The first kappa shape index (κ1) is 20.4. The molecule has 1 N–H and O–H groups in total. The van der Waals surface area contributed by atoms with Crippen molar-refractivity contribution in [3.8, 4) is 0 Å². The molecule has 0 aliphatic carbocycles. The molecule has 3 aromatic rings. The average molecular weight is 452 g/mol. The molecule has 29 heavy (non-hydrogen) atoms. The highest BCUT2D eigenvalue weighted by Crippen LogP contribution is 2.23. The molecule has 1 saturated heterocycles. The van der Waals surface area contributed by atoms with Crippen LogP contribution in [0, 0.1) is 5.82 Å². The summed E-state index contributed by atoms with van der Waals surface area (Å²) >= 11 is 8.92. The van der Waals surface area contributed by atoms with Gasteiger partial charge in [-0.2, -0.15) is 0 Å². The van der Waals surface area contributed by atoms with Gasteiger partial charge in [-0.15, -0.1) is 21.5 Å². The maximum atomic E-state index is 13.0. The van der Waals surface area contributed by atoms with E-state index in [-0.39, 0.29) is 11.7 Å². The highest BCUT2D eigenvalue weighted by Gasteiger charge is 2.20. The van der Waals surface area contributed by atoms with Crippen molar-refractivity contribution in [1.82, 2.24) is 20.0 Å². The van der Waals surface area contributed by atoms with Crippen molar-refractivity contribution in [2.24, 2.45) is 0 Å². The van der Waals surface area contributed by atoms with Crippen LogP contribution in [-0.2, 0) is 13.1 Å². The van der Waals surface area contributed by atoms with Crippen LogP contribution in [0.4, 0.5) is 10.1 Å². The number of benzene rings is 1. The van der Waals surface area contributed by atoms with Crippen LogP contribution in [0.3, 0.4) is 0 Å². The molecule has 3 heterocycles. The molecule has 1 aromatic carbocycles. The van der Waals surface area contributed by atoms with Crippen molar-refractivity contribution in [1.29, 1.82) is 0 Å². The highest BCUT2D eigenvalue weighted by atomic mass is 35.5. The number of piperazine rings is 1. The van der Waals surface area contributed by atoms with Crippen LogP contribution in [0.1, 0.15) is 19.7 Å². The second-order valence-corrected chi connectivity index (χ2v) is 9.58. The SMILES string of the molecule is O=C(Nc1ccc(F)cc1)c1nnc(CN2CCN(Cc3ccc(Cl)s3)CC2)s1. The van der Waals surface area contributed by atoms with Gasteiger partial charge in [-0.1, -0.05) is 22.9 Å². The molecule has 10 heteroatoms. The number of hydrogen-bond acceptors (Lipinski definition) is 7. The first-order chi connectivity index (χ1) is 14.0. The molecule has 0 atom stereocenters. The van der Waals surface area contributed by atoms with Gasteiger partial charge in [0.2, 0.25) is 5.01 Å². The molecule has 6 nitrogen and oxygen atoms in total. The van der Waals surface area contributed by atoms with Gasteiger partial charge in [0.25, 0.3) is 5.91 Å². The Kier molecular flexibility index (Phi) is 6.51. The van der Waals surface area contributed by atoms with Crippen molar-refractivity contribution in [2.75, 3.05) is 31.5 Å². The van der Waals surface area contributed by atoms with Crippen LogP contribution < -0.4 is 5.32 Å². The molecule has 1 aliphatic rings. The molecule has 1 aliphatic heterocycles. The monoisotopic (exact) mass is 451 g/mol. The van der Waals surface area contributed by atoms with E-state index in [0.717, 1.165) is 42.1 Å². The number of rotatable bonds is 6. The number of thiophene rings is 1. The molecule has 152 valence electrons. The van der Waals surface area contributed by atoms with E-state index in [1.807, 2.05) is 6.07 Å². The molecular weight excluding hydrogens is 433 g/mol. The molecule has 0 unspecified atom stereocenters. The predicted molar refractivity (Wildman–Crippen MR) is 114 cm³/mol. The van der Waals surface area contributed by atoms with Crippen molar-refractivity contribution in [2.45, 2.75) is 13.1 Å². The van der Waals surface area contributed by atoms with Crippen molar-refractivity contribution >= 4 is 45.9 Å². The van der Waals surface area contributed by atoms with Gasteiger partial charge in [0.1, 0.15) is 10.8 Å². The van der Waals surface area contributed by atoms with Crippen LogP contribution in [0.5, 0.6) is 0 Å². The van der Waals surface area contributed by atoms with E-state index in [1.54, 1.807) is 11.3 Å². The lowest BCUT2D eigenvalue weighted by atomic mass is 10.3. The number of halogens is 2. The van der Waals surface area contributed by atoms with E-state index >= 15 is 0 Å². The number of carbonyl (C=O) groups is 1. The summed E-state index contributed by atoms with van der Waals surface area (Å²) in [5, 5.41) is 12.0. The minimum absolute atomic E-state index is 0.303. The zero-order chi connectivity index (χ0) is 20.2. The Morgan fingerprint density at radius 3 is 2.34 bits per heavy atom. The second kappa shape index (κ2) is 9.27. The van der Waals surface area contributed by atoms with Gasteiger partial charge >= 0.3 is 0 Å². The normalized spacial score (nSPS) is 15.5. The first-order valence-electron chi connectivity index (χ1n) is 9.13. The van der Waals surface area contributed by atoms with Crippen LogP contribution in [0.25, 0.3) is 0 Å². The third kappa shape index (κ3) is 5.58. The van der Waals surface area contributed by atoms with Gasteiger partial charge in [0.15, 0.2) is 0 Å². The Labute approximate surface area is 180 Å². The van der Waals surface area contributed by atoms with Crippen LogP contribution in [0.15, 0.2) is 36.4 Å². The molecule has 1 fully saturated rings. The van der Waals surface area contributed by atoms with Gasteiger partial charge in [-0.05, 0) is 36.4 Å². The van der Waals surface area contributed by atoms with Crippen molar-refractivity contribution in [3.63, 3.8) is 0 Å². The number of amides is 1. The number of nitrogens with one attached hydrogen (secondary N) is 1. The molecule has 1 amide bonds. The Morgan fingerprint density at radius 1 is 1.00 bits per heavy atom. The summed E-state index contributed by atoms with van der Waals surface area (Å²) in [6, 6.07) is 9.65. The summed E-state index contributed by atoms with van der Waals surface area (Å²) in [6.45, 7) is 5.45.